The number of hydrogen-bond donors (Lipinski definition) is 3. The van der Waals surface area contributed by atoms with Crippen molar-refractivity contribution in [3.8, 4) is 11.5 Å². The summed E-state index contributed by atoms with van der Waals surface area (Å²) in [6, 6.07) is 9.25. The van der Waals surface area contributed by atoms with Crippen molar-refractivity contribution in [3.63, 3.8) is 0 Å². The van der Waals surface area contributed by atoms with Crippen LogP contribution in [0.25, 0.3) is 0 Å². The smallest absolute Gasteiger partial charge is 0.404 e. The Bertz CT molecular complexity index is 879. The fraction of sp³-hybridized carbons (Fsp3) is 0.350. The van der Waals surface area contributed by atoms with E-state index in [1.165, 1.54) is 5.56 Å². The number of nitrogens with one attached hydrogen (secondary N) is 2. The van der Waals surface area contributed by atoms with Gasteiger partial charge in [0.2, 0.25) is 5.91 Å². The van der Waals surface area contributed by atoms with E-state index in [0.717, 1.165) is 31.2 Å². The third kappa shape index (κ3) is 4.36. The number of aryl methyl sites for hydroxylation is 1. The number of amides is 2. The van der Waals surface area contributed by atoms with E-state index in [1.807, 2.05) is 18.2 Å². The quantitative estimate of drug-likeness (QED) is 0.752. The molecule has 0 spiro atoms. The number of rotatable bonds is 5. The van der Waals surface area contributed by atoms with Crippen LogP contribution in [-0.2, 0) is 17.6 Å². The summed E-state index contributed by atoms with van der Waals surface area (Å²) < 4.78 is 5.93. The summed E-state index contributed by atoms with van der Waals surface area (Å²) in [5.41, 5.74) is 2.31. The molecule has 0 bridgehead atoms. The minimum atomic E-state index is -0.992. The van der Waals surface area contributed by atoms with Crippen LogP contribution in [-0.4, -0.2) is 28.1 Å². The molecular weight excluding hydrogens is 346 g/mol. The fourth-order valence-corrected chi connectivity index (χ4v) is 3.35. The van der Waals surface area contributed by atoms with E-state index in [-0.39, 0.29) is 17.9 Å². The van der Waals surface area contributed by atoms with Crippen molar-refractivity contribution >= 4 is 17.8 Å². The van der Waals surface area contributed by atoms with Gasteiger partial charge in [-0.15, -0.1) is 0 Å². The Balaban J connectivity index is 1.45. The van der Waals surface area contributed by atoms with Crippen molar-refractivity contribution in [1.82, 2.24) is 10.3 Å². The first-order valence-corrected chi connectivity index (χ1v) is 9.13. The van der Waals surface area contributed by atoms with Crippen LogP contribution in [0, 0.1) is 5.92 Å². The summed E-state index contributed by atoms with van der Waals surface area (Å²) in [7, 11) is 0. The zero-order valence-corrected chi connectivity index (χ0v) is 14.8. The van der Waals surface area contributed by atoms with Crippen LogP contribution < -0.4 is 15.4 Å². The van der Waals surface area contributed by atoms with E-state index >= 15 is 0 Å². The number of anilines is 1. The number of hydrogen-bond acceptors (Lipinski definition) is 4. The highest BCUT2D eigenvalue weighted by Crippen LogP contribution is 2.31. The summed E-state index contributed by atoms with van der Waals surface area (Å²) in [4.78, 5) is 26.9. The topological polar surface area (TPSA) is 101 Å². The zero-order chi connectivity index (χ0) is 18.8. The number of nitrogens with zero attached hydrogens (tertiary/aromatic N) is 1. The number of pyridine rings is 1. The number of carboxylic acid groups (broad SMARTS) is 1. The molecule has 2 amide bonds. The van der Waals surface area contributed by atoms with Gasteiger partial charge in [0, 0.05) is 24.2 Å². The van der Waals surface area contributed by atoms with Gasteiger partial charge in [-0.3, -0.25) is 4.79 Å². The van der Waals surface area contributed by atoms with Crippen molar-refractivity contribution in [2.75, 3.05) is 5.32 Å². The van der Waals surface area contributed by atoms with E-state index in [4.69, 9.17) is 9.84 Å². The summed E-state index contributed by atoms with van der Waals surface area (Å²) in [5.74, 6) is 1.87. The molecule has 1 atom stereocenters. The average molecular weight is 367 g/mol. The lowest BCUT2D eigenvalue weighted by atomic mass is 9.88. The minimum Gasteiger partial charge on any atom is -0.465 e. The maximum Gasteiger partial charge on any atom is 0.404 e. The number of carbonyl (C=O) groups is 2. The second kappa shape index (κ2) is 7.26. The van der Waals surface area contributed by atoms with Crippen LogP contribution in [0.15, 0.2) is 36.5 Å². The third-order valence-corrected chi connectivity index (χ3v) is 4.90. The molecule has 2 aromatic rings. The first-order chi connectivity index (χ1) is 13.1. The van der Waals surface area contributed by atoms with Crippen molar-refractivity contribution in [2.24, 2.45) is 5.92 Å². The number of benzene rings is 1. The summed E-state index contributed by atoms with van der Waals surface area (Å²) in [6.07, 6.45) is 4.78. The Kier molecular flexibility index (Phi) is 4.66. The molecule has 7 heteroatoms. The third-order valence-electron chi connectivity index (χ3n) is 4.90. The predicted octanol–water partition coefficient (Wildman–Crippen LogP) is 3.35. The molecule has 3 N–H and O–H groups in total. The van der Waals surface area contributed by atoms with E-state index < -0.39 is 6.09 Å². The van der Waals surface area contributed by atoms with Gasteiger partial charge in [-0.05, 0) is 61.4 Å². The van der Waals surface area contributed by atoms with Crippen LogP contribution in [0.4, 0.5) is 10.6 Å². The lowest BCUT2D eigenvalue weighted by molar-refractivity contribution is -0.117. The Hall–Kier alpha value is -3.09. The Morgan fingerprint density at radius 3 is 2.67 bits per heavy atom. The normalized spacial score (nSPS) is 18.3. The number of aromatic nitrogens is 1. The van der Waals surface area contributed by atoms with Crippen molar-refractivity contribution in [3.05, 3.63) is 47.7 Å². The maximum absolute atomic E-state index is 11.9. The van der Waals surface area contributed by atoms with Gasteiger partial charge in [-0.1, -0.05) is 6.07 Å². The highest BCUT2D eigenvalue weighted by molar-refractivity contribution is 5.93. The van der Waals surface area contributed by atoms with Gasteiger partial charge in [0.25, 0.3) is 0 Å². The van der Waals surface area contributed by atoms with E-state index in [0.29, 0.717) is 23.7 Å². The Morgan fingerprint density at radius 1 is 1.07 bits per heavy atom. The van der Waals surface area contributed by atoms with Gasteiger partial charge in [0.1, 0.15) is 17.3 Å². The molecule has 140 valence electrons. The number of carbonyl (C=O) groups excluding carboxylic acids is 1. The highest BCUT2D eigenvalue weighted by atomic mass is 16.5. The molecule has 1 fully saturated rings. The second-order valence-corrected chi connectivity index (χ2v) is 7.06. The van der Waals surface area contributed by atoms with Gasteiger partial charge < -0.3 is 20.5 Å². The minimum absolute atomic E-state index is 0.00500. The van der Waals surface area contributed by atoms with E-state index in [2.05, 4.69) is 15.6 Å². The van der Waals surface area contributed by atoms with E-state index in [9.17, 15) is 9.59 Å². The zero-order valence-electron chi connectivity index (χ0n) is 14.8. The second-order valence-electron chi connectivity index (χ2n) is 7.06. The molecule has 1 saturated carbocycles. The molecule has 4 rings (SSSR count). The first kappa shape index (κ1) is 17.3. The predicted molar refractivity (Wildman–Crippen MR) is 99.1 cm³/mol. The highest BCUT2D eigenvalue weighted by Gasteiger charge is 2.29. The summed E-state index contributed by atoms with van der Waals surface area (Å²) in [5, 5.41) is 14.3. The molecule has 0 saturated heterocycles. The molecule has 7 nitrogen and oxygen atoms in total. The Morgan fingerprint density at radius 2 is 1.89 bits per heavy atom. The maximum atomic E-state index is 11.9. The standard InChI is InChI=1S/C20H21N3O4/c24-19(13-1-2-13)23-18-11-17(7-8-21-18)27-16-6-4-12-3-5-15(22-20(25)26)9-14(12)10-16/h4,6-8,10-11,13,15,22H,1-3,5,9H2,(H,25,26)(H,21,23,24). The monoisotopic (exact) mass is 367 g/mol. The van der Waals surface area contributed by atoms with Crippen LogP contribution in [0.2, 0.25) is 0 Å². The molecule has 27 heavy (non-hydrogen) atoms. The SMILES string of the molecule is O=C(O)NC1CCc2ccc(Oc3ccnc(NC(=O)C4CC4)c3)cc2C1. The lowest BCUT2D eigenvalue weighted by Gasteiger charge is -2.24. The van der Waals surface area contributed by atoms with Gasteiger partial charge in [0.05, 0.1) is 0 Å². The van der Waals surface area contributed by atoms with E-state index in [1.54, 1.807) is 18.3 Å². The van der Waals surface area contributed by atoms with Crippen molar-refractivity contribution in [2.45, 2.75) is 38.1 Å². The molecule has 1 heterocycles. The summed E-state index contributed by atoms with van der Waals surface area (Å²) in [6.45, 7) is 0. The van der Waals surface area contributed by atoms with Gasteiger partial charge in [0.15, 0.2) is 0 Å². The molecule has 2 aliphatic rings. The molecule has 2 aliphatic carbocycles. The molecule has 1 aromatic carbocycles. The Labute approximate surface area is 156 Å². The van der Waals surface area contributed by atoms with Crippen molar-refractivity contribution < 1.29 is 19.4 Å². The van der Waals surface area contributed by atoms with Gasteiger partial charge in [-0.25, -0.2) is 9.78 Å². The number of fused-ring (bicyclic) bond motifs is 1. The van der Waals surface area contributed by atoms with Gasteiger partial charge in [-0.2, -0.15) is 0 Å². The van der Waals surface area contributed by atoms with Crippen LogP contribution in [0.1, 0.15) is 30.4 Å². The molecule has 1 unspecified atom stereocenters. The first-order valence-electron chi connectivity index (χ1n) is 9.13. The molecular formula is C20H21N3O4. The van der Waals surface area contributed by atoms with Crippen LogP contribution in [0.5, 0.6) is 11.5 Å². The fourth-order valence-electron chi connectivity index (χ4n) is 3.35. The van der Waals surface area contributed by atoms with Crippen LogP contribution in [0.3, 0.4) is 0 Å². The molecule has 0 radical (unpaired) electrons. The summed E-state index contributed by atoms with van der Waals surface area (Å²) >= 11 is 0. The number of ether oxygens (including phenoxy) is 1. The van der Waals surface area contributed by atoms with Crippen molar-refractivity contribution in [1.29, 1.82) is 0 Å². The molecule has 1 aromatic heterocycles. The van der Waals surface area contributed by atoms with Crippen LogP contribution >= 0.6 is 0 Å². The lowest BCUT2D eigenvalue weighted by Crippen LogP contribution is -2.37. The average Bonchev–Trinajstić information content (AvgIpc) is 3.46. The molecule has 0 aliphatic heterocycles. The largest absolute Gasteiger partial charge is 0.465 e. The van der Waals surface area contributed by atoms with Gasteiger partial charge >= 0.3 is 6.09 Å².